The van der Waals surface area contributed by atoms with Crippen molar-refractivity contribution in [2.45, 2.75) is 25.8 Å². The number of amides is 1. The van der Waals surface area contributed by atoms with E-state index in [0.717, 1.165) is 48.4 Å². The molecule has 192 valence electrons. The molecule has 9 heteroatoms. The number of anilines is 2. The number of halogens is 1. The average molecular weight is 527 g/mol. The maximum absolute atomic E-state index is 12.3. The van der Waals surface area contributed by atoms with Crippen LogP contribution in [0.5, 0.6) is 0 Å². The van der Waals surface area contributed by atoms with Crippen molar-refractivity contribution in [3.05, 3.63) is 82.0 Å². The molecule has 8 nitrogen and oxygen atoms in total. The second kappa shape index (κ2) is 11.0. The highest BCUT2D eigenvalue weighted by molar-refractivity contribution is 6.31. The molecule has 6 N–H and O–H groups in total. The molecule has 1 aliphatic heterocycles. The van der Waals surface area contributed by atoms with Crippen LogP contribution in [0.15, 0.2) is 54.7 Å². The Morgan fingerprint density at radius 2 is 1.89 bits per heavy atom. The third-order valence-electron chi connectivity index (χ3n) is 6.43. The number of carbonyl (C=O) groups excluding carboxylic acids is 1. The van der Waals surface area contributed by atoms with Gasteiger partial charge in [0.25, 0.3) is 5.91 Å². The first-order valence-electron chi connectivity index (χ1n) is 12.3. The molecule has 2 aromatic carbocycles. The van der Waals surface area contributed by atoms with Crippen LogP contribution in [0.1, 0.15) is 39.9 Å². The second-order valence-corrected chi connectivity index (χ2v) is 9.58. The lowest BCUT2D eigenvalue weighted by atomic mass is 10.0. The molecule has 0 bridgehead atoms. The molecule has 1 fully saturated rings. The molecule has 3 heterocycles. The summed E-state index contributed by atoms with van der Waals surface area (Å²) < 4.78 is 5.42. The van der Waals surface area contributed by atoms with Gasteiger partial charge in [-0.25, -0.2) is 9.97 Å². The number of carbonyl (C=O) groups is 1. The number of nitrogens with two attached hydrogens (primary N) is 2. The van der Waals surface area contributed by atoms with Gasteiger partial charge in [0.05, 0.1) is 22.5 Å². The first kappa shape index (κ1) is 25.3. The van der Waals surface area contributed by atoms with Crippen molar-refractivity contribution in [3.8, 4) is 34.5 Å². The maximum atomic E-state index is 12.3. The third kappa shape index (κ3) is 5.65. The molecule has 0 atom stereocenters. The predicted molar refractivity (Wildman–Crippen MR) is 150 cm³/mol. The van der Waals surface area contributed by atoms with Crippen molar-refractivity contribution >= 4 is 29.1 Å². The van der Waals surface area contributed by atoms with Crippen molar-refractivity contribution in [2.24, 2.45) is 5.73 Å². The van der Waals surface area contributed by atoms with Crippen LogP contribution in [0.25, 0.3) is 22.6 Å². The Morgan fingerprint density at radius 3 is 2.63 bits per heavy atom. The van der Waals surface area contributed by atoms with Crippen molar-refractivity contribution in [3.63, 3.8) is 0 Å². The molecule has 0 saturated carbocycles. The summed E-state index contributed by atoms with van der Waals surface area (Å²) >= 11 is 6.23. The Labute approximate surface area is 225 Å². The monoisotopic (exact) mass is 526 g/mol. The highest BCUT2D eigenvalue weighted by atomic mass is 35.5. The van der Waals surface area contributed by atoms with Crippen molar-refractivity contribution in [2.75, 3.05) is 24.3 Å². The topological polar surface area (TPSA) is 132 Å². The van der Waals surface area contributed by atoms with E-state index < -0.39 is 5.91 Å². The summed E-state index contributed by atoms with van der Waals surface area (Å²) in [6.45, 7) is 3.51. The van der Waals surface area contributed by atoms with Gasteiger partial charge in [-0.15, -0.1) is 0 Å². The first-order valence-corrected chi connectivity index (χ1v) is 12.6. The zero-order valence-corrected chi connectivity index (χ0v) is 21.6. The lowest BCUT2D eigenvalue weighted by Gasteiger charge is -2.24. The summed E-state index contributed by atoms with van der Waals surface area (Å²) in [5.74, 6) is 5.83. The number of ether oxygens (including phenoxy) is 1. The number of nitrogens with zero attached hydrogens (tertiary/aromatic N) is 2. The van der Waals surface area contributed by atoms with Crippen LogP contribution in [0.4, 0.5) is 11.6 Å². The van der Waals surface area contributed by atoms with Gasteiger partial charge in [-0.05, 0) is 67.8 Å². The van der Waals surface area contributed by atoms with Crippen LogP contribution in [0, 0.1) is 18.8 Å². The molecule has 0 unspecified atom stereocenters. The maximum Gasteiger partial charge on any atom is 0.250 e. The van der Waals surface area contributed by atoms with E-state index in [4.69, 9.17) is 27.8 Å². The molecule has 38 heavy (non-hydrogen) atoms. The van der Waals surface area contributed by atoms with Gasteiger partial charge < -0.3 is 26.5 Å². The SMILES string of the molecule is Cc1ccc(Cl)cc1-c1[nH]c(-c2nc(N)ncc2C#Cc2ccc(NC3CCOCC3)cc2)cc1C(N)=O. The lowest BCUT2D eigenvalue weighted by Crippen LogP contribution is -2.27. The molecule has 2 aromatic heterocycles. The number of nitrogens with one attached hydrogen (secondary N) is 2. The zero-order chi connectivity index (χ0) is 26.6. The van der Waals surface area contributed by atoms with Crippen molar-refractivity contribution < 1.29 is 9.53 Å². The zero-order valence-electron chi connectivity index (χ0n) is 20.8. The Kier molecular flexibility index (Phi) is 7.31. The fourth-order valence-corrected chi connectivity index (χ4v) is 4.58. The van der Waals surface area contributed by atoms with E-state index in [9.17, 15) is 4.79 Å². The van der Waals surface area contributed by atoms with Crippen LogP contribution >= 0.6 is 11.6 Å². The number of benzene rings is 2. The number of primary amides is 1. The van der Waals surface area contributed by atoms with Gasteiger partial charge in [0, 0.05) is 47.3 Å². The number of aromatic amines is 1. The van der Waals surface area contributed by atoms with Crippen LogP contribution in [-0.2, 0) is 4.74 Å². The average Bonchev–Trinajstić information content (AvgIpc) is 3.36. The second-order valence-electron chi connectivity index (χ2n) is 9.14. The number of aromatic nitrogens is 3. The number of rotatable bonds is 5. The lowest BCUT2D eigenvalue weighted by molar-refractivity contribution is 0.0904. The minimum absolute atomic E-state index is 0.0878. The summed E-state index contributed by atoms with van der Waals surface area (Å²) in [5, 5.41) is 4.09. The van der Waals surface area contributed by atoms with Crippen molar-refractivity contribution in [1.29, 1.82) is 0 Å². The minimum Gasteiger partial charge on any atom is -0.382 e. The highest BCUT2D eigenvalue weighted by Crippen LogP contribution is 2.33. The molecule has 0 radical (unpaired) electrons. The number of hydrogen-bond donors (Lipinski definition) is 4. The highest BCUT2D eigenvalue weighted by Gasteiger charge is 2.20. The van der Waals surface area contributed by atoms with Gasteiger partial charge in [0.15, 0.2) is 0 Å². The molecule has 0 spiro atoms. The normalized spacial score (nSPS) is 13.5. The fraction of sp³-hybridized carbons (Fsp3) is 0.207. The van der Waals surface area contributed by atoms with Gasteiger partial charge in [0.1, 0.15) is 5.69 Å². The number of hydrogen-bond acceptors (Lipinski definition) is 6. The predicted octanol–water partition coefficient (Wildman–Crippen LogP) is 4.77. The smallest absolute Gasteiger partial charge is 0.250 e. The van der Waals surface area contributed by atoms with E-state index in [2.05, 4.69) is 32.1 Å². The van der Waals surface area contributed by atoms with E-state index >= 15 is 0 Å². The molecular weight excluding hydrogens is 500 g/mol. The van der Waals surface area contributed by atoms with Crippen LogP contribution < -0.4 is 16.8 Å². The Morgan fingerprint density at radius 1 is 1.13 bits per heavy atom. The molecular formula is C29H27ClN6O2. The number of H-pyrrole nitrogens is 1. The third-order valence-corrected chi connectivity index (χ3v) is 6.67. The van der Waals surface area contributed by atoms with Crippen LogP contribution in [0.3, 0.4) is 0 Å². The van der Waals surface area contributed by atoms with Gasteiger partial charge in [-0.2, -0.15) is 0 Å². The molecule has 1 saturated heterocycles. The van der Waals surface area contributed by atoms with Gasteiger partial charge in [0.2, 0.25) is 5.95 Å². The molecule has 1 amide bonds. The van der Waals surface area contributed by atoms with Crippen LogP contribution in [-0.4, -0.2) is 40.1 Å². The standard InChI is InChI=1S/C29H27ClN6O2/c1-17-2-7-20(30)14-23(17)27-24(28(31)37)15-25(35-27)26-19(16-33-29(32)36-26)6-3-18-4-8-21(9-5-18)34-22-10-12-38-13-11-22/h2,4-5,7-9,14-16,22,34-35H,10-13H2,1H3,(H2,31,37)(H2,32,33,36). The summed E-state index contributed by atoms with van der Waals surface area (Å²) in [6, 6.07) is 15.5. The van der Waals surface area contributed by atoms with E-state index in [1.54, 1.807) is 24.4 Å². The molecule has 5 rings (SSSR count). The number of nitrogen functional groups attached to an aromatic ring is 1. The van der Waals surface area contributed by atoms with Crippen LogP contribution in [0.2, 0.25) is 5.02 Å². The van der Waals surface area contributed by atoms with E-state index in [1.165, 1.54) is 0 Å². The summed E-state index contributed by atoms with van der Waals surface area (Å²) in [4.78, 5) is 24.2. The molecule has 4 aromatic rings. The van der Waals surface area contributed by atoms with Crippen molar-refractivity contribution in [1.82, 2.24) is 15.0 Å². The van der Waals surface area contributed by atoms with Gasteiger partial charge in [-0.1, -0.05) is 29.5 Å². The van der Waals surface area contributed by atoms with E-state index in [1.807, 2.05) is 37.3 Å². The quantitative estimate of drug-likeness (QED) is 0.277. The van der Waals surface area contributed by atoms with E-state index in [0.29, 0.717) is 39.3 Å². The summed E-state index contributed by atoms with van der Waals surface area (Å²) in [7, 11) is 0. The minimum atomic E-state index is -0.578. The van der Waals surface area contributed by atoms with Gasteiger partial charge in [-0.3, -0.25) is 4.79 Å². The molecule has 1 aliphatic rings. The summed E-state index contributed by atoms with van der Waals surface area (Å²) in [6.07, 6.45) is 3.56. The first-order chi connectivity index (χ1) is 18.4. The van der Waals surface area contributed by atoms with E-state index in [-0.39, 0.29) is 5.95 Å². The Hall–Kier alpha value is -4.32. The largest absolute Gasteiger partial charge is 0.382 e. The van der Waals surface area contributed by atoms with Gasteiger partial charge >= 0.3 is 0 Å². The fourth-order valence-electron chi connectivity index (χ4n) is 4.41. The Bertz CT molecular complexity index is 1550. The Balaban J connectivity index is 1.47. The number of aryl methyl sites for hydroxylation is 1. The molecule has 0 aliphatic carbocycles. The summed E-state index contributed by atoms with van der Waals surface area (Å²) in [5.41, 5.74) is 17.6.